The summed E-state index contributed by atoms with van der Waals surface area (Å²) in [6.45, 7) is 1.51. The van der Waals surface area contributed by atoms with Crippen LogP contribution in [0.25, 0.3) is 11.2 Å². The standard InChI is InChI=1S/C21H30N6O5/c1-24(2)11-10-22-20-23-18-17(19(29)26(4)21(30)25(18)3)27(20)12-14(28)13-32-16-8-6-15(31-5)7-9-16/h6-9,14,28H,10-13H2,1-5H3,(H,22,23)/p+1/t14-/m1/s1. The van der Waals surface area contributed by atoms with E-state index in [4.69, 9.17) is 9.47 Å². The van der Waals surface area contributed by atoms with Crippen molar-refractivity contribution >= 4 is 17.1 Å². The van der Waals surface area contributed by atoms with Crippen molar-refractivity contribution < 1.29 is 19.5 Å². The maximum Gasteiger partial charge on any atom is 0.332 e. The van der Waals surface area contributed by atoms with E-state index in [1.807, 2.05) is 14.1 Å². The van der Waals surface area contributed by atoms with Crippen LogP contribution in [-0.4, -0.2) is 70.8 Å². The molecule has 11 nitrogen and oxygen atoms in total. The number of hydrogen-bond acceptors (Lipinski definition) is 7. The molecular weight excluding hydrogens is 416 g/mol. The van der Waals surface area contributed by atoms with Gasteiger partial charge in [-0.15, -0.1) is 0 Å². The van der Waals surface area contributed by atoms with E-state index in [0.717, 1.165) is 11.1 Å². The Labute approximate surface area is 185 Å². The number of nitrogens with zero attached hydrogens (tertiary/aromatic N) is 4. The summed E-state index contributed by atoms with van der Waals surface area (Å²) in [6, 6.07) is 7.04. The lowest BCUT2D eigenvalue weighted by atomic mass is 10.3. The number of aromatic nitrogens is 4. The van der Waals surface area contributed by atoms with Crippen LogP contribution >= 0.6 is 0 Å². The summed E-state index contributed by atoms with van der Waals surface area (Å²) in [4.78, 5) is 30.9. The highest BCUT2D eigenvalue weighted by Gasteiger charge is 2.21. The zero-order valence-corrected chi connectivity index (χ0v) is 19.1. The molecule has 0 unspecified atom stereocenters. The first kappa shape index (κ1) is 23.4. The highest BCUT2D eigenvalue weighted by atomic mass is 16.5. The second-order valence-corrected chi connectivity index (χ2v) is 7.95. The summed E-state index contributed by atoms with van der Waals surface area (Å²) in [7, 11) is 8.64. The summed E-state index contributed by atoms with van der Waals surface area (Å²) in [5.41, 5.74) is -0.413. The molecule has 3 aromatic rings. The smallest absolute Gasteiger partial charge is 0.332 e. The lowest BCUT2D eigenvalue weighted by Crippen LogP contribution is -3.06. The van der Waals surface area contributed by atoms with E-state index < -0.39 is 17.4 Å². The normalized spacial score (nSPS) is 12.3. The molecular formula is C21H31N6O5+. The van der Waals surface area contributed by atoms with Crippen LogP contribution in [0.1, 0.15) is 0 Å². The van der Waals surface area contributed by atoms with Crippen molar-refractivity contribution in [1.29, 1.82) is 0 Å². The Morgan fingerprint density at radius 3 is 2.41 bits per heavy atom. The van der Waals surface area contributed by atoms with Crippen LogP contribution in [0.4, 0.5) is 5.95 Å². The van der Waals surface area contributed by atoms with E-state index in [-0.39, 0.29) is 24.3 Å². The van der Waals surface area contributed by atoms with Gasteiger partial charge in [0.25, 0.3) is 5.56 Å². The average Bonchev–Trinajstić information content (AvgIpc) is 3.13. The van der Waals surface area contributed by atoms with Crippen LogP contribution in [0, 0.1) is 0 Å². The molecule has 0 aliphatic carbocycles. The minimum absolute atomic E-state index is 0.0133. The van der Waals surface area contributed by atoms with Gasteiger partial charge in [-0.1, -0.05) is 0 Å². The molecule has 0 radical (unpaired) electrons. The van der Waals surface area contributed by atoms with Crippen LogP contribution in [0.15, 0.2) is 33.9 Å². The number of quaternary nitrogens is 1. The molecule has 0 bridgehead atoms. The third kappa shape index (κ3) is 4.94. The quantitative estimate of drug-likeness (QED) is 0.344. The SMILES string of the molecule is COc1ccc(OC[C@H](O)Cn2c(NCC[NH+](C)C)nc3c2c(=O)n(C)c(=O)n3C)cc1. The van der Waals surface area contributed by atoms with E-state index in [1.54, 1.807) is 43.0 Å². The number of rotatable bonds is 10. The first-order valence-corrected chi connectivity index (χ1v) is 10.4. The molecule has 0 saturated heterocycles. The first-order valence-electron chi connectivity index (χ1n) is 10.4. The molecule has 11 heteroatoms. The minimum atomic E-state index is -0.920. The van der Waals surface area contributed by atoms with Crippen molar-refractivity contribution in [3.05, 3.63) is 45.1 Å². The van der Waals surface area contributed by atoms with Gasteiger partial charge in [0.2, 0.25) is 5.95 Å². The van der Waals surface area contributed by atoms with Gasteiger partial charge in [0, 0.05) is 14.1 Å². The van der Waals surface area contributed by atoms with Crippen molar-refractivity contribution in [2.75, 3.05) is 46.2 Å². The van der Waals surface area contributed by atoms with Gasteiger partial charge in [0.15, 0.2) is 11.2 Å². The summed E-state index contributed by atoms with van der Waals surface area (Å²) < 4.78 is 14.8. The average molecular weight is 448 g/mol. The number of ether oxygens (including phenoxy) is 2. The Balaban J connectivity index is 1.88. The first-order chi connectivity index (χ1) is 15.2. The van der Waals surface area contributed by atoms with Crippen molar-refractivity contribution in [2.45, 2.75) is 12.6 Å². The van der Waals surface area contributed by atoms with Gasteiger partial charge in [-0.05, 0) is 24.3 Å². The fourth-order valence-electron chi connectivity index (χ4n) is 3.31. The largest absolute Gasteiger partial charge is 0.497 e. The third-order valence-corrected chi connectivity index (χ3v) is 5.15. The number of aryl methyl sites for hydroxylation is 1. The summed E-state index contributed by atoms with van der Waals surface area (Å²) in [5.74, 6) is 1.72. The predicted molar refractivity (Wildman–Crippen MR) is 121 cm³/mol. The molecule has 0 spiro atoms. The van der Waals surface area contributed by atoms with Crippen LogP contribution in [0.3, 0.4) is 0 Å². The van der Waals surface area contributed by atoms with Crippen LogP contribution in [0.5, 0.6) is 11.5 Å². The zero-order valence-electron chi connectivity index (χ0n) is 19.1. The number of anilines is 1. The van der Waals surface area contributed by atoms with Crippen LogP contribution in [-0.2, 0) is 20.6 Å². The highest BCUT2D eigenvalue weighted by Crippen LogP contribution is 2.19. The molecule has 0 aliphatic rings. The Morgan fingerprint density at radius 2 is 1.78 bits per heavy atom. The lowest BCUT2D eigenvalue weighted by molar-refractivity contribution is -0.856. The van der Waals surface area contributed by atoms with E-state index >= 15 is 0 Å². The van der Waals surface area contributed by atoms with Gasteiger partial charge in [-0.2, -0.15) is 4.98 Å². The zero-order chi connectivity index (χ0) is 23.4. The van der Waals surface area contributed by atoms with Crippen LogP contribution < -0.4 is 30.9 Å². The fraction of sp³-hybridized carbons (Fsp3) is 0.476. The van der Waals surface area contributed by atoms with Crippen molar-refractivity contribution in [1.82, 2.24) is 18.7 Å². The Bertz CT molecular complexity index is 1180. The van der Waals surface area contributed by atoms with Gasteiger partial charge < -0.3 is 29.4 Å². The molecule has 0 amide bonds. The molecule has 3 rings (SSSR count). The molecule has 3 N–H and O–H groups in total. The van der Waals surface area contributed by atoms with E-state index in [2.05, 4.69) is 10.3 Å². The number of aliphatic hydroxyl groups excluding tert-OH is 1. The number of benzene rings is 1. The van der Waals surface area contributed by atoms with E-state index in [1.165, 1.54) is 16.5 Å². The third-order valence-electron chi connectivity index (χ3n) is 5.15. The fourth-order valence-corrected chi connectivity index (χ4v) is 3.31. The van der Waals surface area contributed by atoms with Crippen molar-refractivity contribution in [3.63, 3.8) is 0 Å². The molecule has 2 aromatic heterocycles. The summed E-state index contributed by atoms with van der Waals surface area (Å²) in [5, 5.41) is 13.9. The molecule has 0 aliphatic heterocycles. The number of imidazole rings is 1. The van der Waals surface area contributed by atoms with Gasteiger partial charge in [0.05, 0.1) is 40.8 Å². The number of hydrogen-bond donors (Lipinski definition) is 3. The van der Waals surface area contributed by atoms with Gasteiger partial charge >= 0.3 is 5.69 Å². The molecule has 0 fully saturated rings. The molecule has 1 atom stereocenters. The van der Waals surface area contributed by atoms with E-state index in [9.17, 15) is 14.7 Å². The van der Waals surface area contributed by atoms with Gasteiger partial charge in [-0.3, -0.25) is 13.9 Å². The maximum absolute atomic E-state index is 12.9. The molecule has 0 saturated carbocycles. The number of aliphatic hydroxyl groups is 1. The van der Waals surface area contributed by atoms with Crippen molar-refractivity contribution in [3.8, 4) is 11.5 Å². The Kier molecular flexibility index (Phi) is 7.21. The number of fused-ring (bicyclic) bond motifs is 1. The van der Waals surface area contributed by atoms with Gasteiger partial charge in [0.1, 0.15) is 24.2 Å². The number of nitrogens with one attached hydrogen (secondary N) is 2. The number of likely N-dealkylation sites (N-methyl/N-ethyl adjacent to an activating group) is 1. The molecule has 174 valence electrons. The summed E-state index contributed by atoms with van der Waals surface area (Å²) in [6.07, 6.45) is -0.920. The van der Waals surface area contributed by atoms with Crippen molar-refractivity contribution in [2.24, 2.45) is 14.1 Å². The van der Waals surface area contributed by atoms with E-state index in [0.29, 0.717) is 24.0 Å². The monoisotopic (exact) mass is 447 g/mol. The second-order valence-electron chi connectivity index (χ2n) is 7.95. The predicted octanol–water partition coefficient (Wildman–Crippen LogP) is -1.56. The molecule has 1 aromatic carbocycles. The number of methoxy groups -OCH3 is 1. The molecule has 32 heavy (non-hydrogen) atoms. The lowest BCUT2D eigenvalue weighted by Gasteiger charge is -2.16. The Morgan fingerprint density at radius 1 is 1.12 bits per heavy atom. The molecule has 2 heterocycles. The highest BCUT2D eigenvalue weighted by molar-refractivity contribution is 5.74. The van der Waals surface area contributed by atoms with Crippen LogP contribution in [0.2, 0.25) is 0 Å². The minimum Gasteiger partial charge on any atom is -0.497 e. The maximum atomic E-state index is 12.9. The second kappa shape index (κ2) is 9.88. The van der Waals surface area contributed by atoms with Gasteiger partial charge in [-0.25, -0.2) is 4.79 Å². The topological polar surface area (TPSA) is 117 Å². The summed E-state index contributed by atoms with van der Waals surface area (Å²) >= 11 is 0. The Hall–Kier alpha value is -3.31.